The molecule has 1 aliphatic heterocycles. The van der Waals surface area contributed by atoms with Crippen molar-refractivity contribution < 1.29 is 4.74 Å². The van der Waals surface area contributed by atoms with E-state index in [-0.39, 0.29) is 6.10 Å². The van der Waals surface area contributed by atoms with E-state index in [9.17, 15) is 9.59 Å². The average Bonchev–Trinajstić information content (AvgIpc) is 2.97. The molecule has 1 atom stereocenters. The van der Waals surface area contributed by atoms with Gasteiger partial charge in [0, 0.05) is 13.2 Å². The number of hydrogen-bond donors (Lipinski definition) is 1. The maximum Gasteiger partial charge on any atom is 0.250 e. The van der Waals surface area contributed by atoms with Gasteiger partial charge in [-0.1, -0.05) is 29.8 Å². The van der Waals surface area contributed by atoms with Gasteiger partial charge in [0.15, 0.2) is 0 Å². The van der Waals surface area contributed by atoms with Gasteiger partial charge in [-0.15, -0.1) is 0 Å². The number of ether oxygens (including phenoxy) is 1. The number of rotatable bonds is 4. The first kappa shape index (κ1) is 13.1. The van der Waals surface area contributed by atoms with Crippen LogP contribution in [0.3, 0.4) is 0 Å². The van der Waals surface area contributed by atoms with Crippen LogP contribution < -0.4 is 16.2 Å². The maximum absolute atomic E-state index is 11.8. The lowest BCUT2D eigenvalue weighted by atomic mass is 9.97. The van der Waals surface area contributed by atoms with E-state index in [2.05, 4.69) is 5.32 Å². The Labute approximate surface area is 117 Å². The largest absolute Gasteiger partial charge is 0.379 e. The van der Waals surface area contributed by atoms with Crippen LogP contribution in [-0.4, -0.2) is 19.3 Å². The Hall–Kier alpha value is -1.94. The molecule has 20 heavy (non-hydrogen) atoms. The van der Waals surface area contributed by atoms with Crippen molar-refractivity contribution in [3.63, 3.8) is 0 Å². The molecule has 0 aliphatic carbocycles. The molecule has 1 unspecified atom stereocenters. The van der Waals surface area contributed by atoms with E-state index in [1.165, 1.54) is 0 Å². The van der Waals surface area contributed by atoms with E-state index in [0.29, 0.717) is 17.8 Å². The molecular formula is C16H17NO3. The Bertz CT molecular complexity index is 675. The van der Waals surface area contributed by atoms with E-state index < -0.39 is 10.9 Å². The summed E-state index contributed by atoms with van der Waals surface area (Å²) < 4.78 is 5.51. The molecule has 1 fully saturated rings. The standard InChI is InChI=1S/C16H17NO3/c1-10-4-6-11(7-5-10)13-14(16(19)15(13)18)17-9-12-3-2-8-20-12/h4-7,12,17H,2-3,8-9H2,1H3. The van der Waals surface area contributed by atoms with Gasteiger partial charge in [0.1, 0.15) is 0 Å². The predicted octanol–water partition coefficient (Wildman–Crippen LogP) is 1.85. The molecule has 0 spiro atoms. The van der Waals surface area contributed by atoms with Crippen molar-refractivity contribution in [2.45, 2.75) is 25.9 Å². The van der Waals surface area contributed by atoms with Crippen molar-refractivity contribution in [2.75, 3.05) is 18.5 Å². The zero-order valence-electron chi connectivity index (χ0n) is 11.4. The first-order valence-electron chi connectivity index (χ1n) is 6.92. The topological polar surface area (TPSA) is 55.4 Å². The van der Waals surface area contributed by atoms with E-state index >= 15 is 0 Å². The molecule has 3 rings (SSSR count). The third kappa shape index (κ3) is 2.27. The second kappa shape index (κ2) is 5.21. The first-order chi connectivity index (χ1) is 9.66. The molecule has 104 valence electrons. The van der Waals surface area contributed by atoms with Gasteiger partial charge in [-0.2, -0.15) is 0 Å². The van der Waals surface area contributed by atoms with Crippen molar-refractivity contribution in [3.05, 3.63) is 50.3 Å². The zero-order chi connectivity index (χ0) is 14.1. The second-order valence-corrected chi connectivity index (χ2v) is 5.29. The van der Waals surface area contributed by atoms with Crippen LogP contribution >= 0.6 is 0 Å². The summed E-state index contributed by atoms with van der Waals surface area (Å²) in [5.74, 6) is 0. The summed E-state index contributed by atoms with van der Waals surface area (Å²) in [4.78, 5) is 23.5. The minimum Gasteiger partial charge on any atom is -0.379 e. The van der Waals surface area contributed by atoms with Crippen molar-refractivity contribution in [1.29, 1.82) is 0 Å². The van der Waals surface area contributed by atoms with Gasteiger partial charge in [-0.05, 0) is 25.3 Å². The SMILES string of the molecule is Cc1ccc(-c2c(NCC3CCCO3)c(=O)c2=O)cc1. The normalized spacial score (nSPS) is 18.6. The van der Waals surface area contributed by atoms with E-state index in [4.69, 9.17) is 4.74 Å². The summed E-state index contributed by atoms with van der Waals surface area (Å²) in [6.07, 6.45) is 2.20. The molecule has 1 aliphatic rings. The minimum absolute atomic E-state index is 0.144. The highest BCUT2D eigenvalue weighted by Gasteiger charge is 2.23. The Morgan fingerprint density at radius 3 is 2.60 bits per heavy atom. The monoisotopic (exact) mass is 271 g/mol. The number of anilines is 1. The van der Waals surface area contributed by atoms with Crippen LogP contribution in [0, 0.1) is 6.92 Å². The van der Waals surface area contributed by atoms with Crippen molar-refractivity contribution in [3.8, 4) is 11.1 Å². The van der Waals surface area contributed by atoms with Crippen molar-refractivity contribution >= 4 is 5.69 Å². The highest BCUT2D eigenvalue weighted by Crippen LogP contribution is 2.24. The number of nitrogens with one attached hydrogen (secondary N) is 1. The fraction of sp³-hybridized carbons (Fsp3) is 0.375. The Balaban J connectivity index is 1.81. The lowest BCUT2D eigenvalue weighted by Gasteiger charge is -2.16. The van der Waals surface area contributed by atoms with Crippen LogP contribution in [0.1, 0.15) is 18.4 Å². The Morgan fingerprint density at radius 2 is 1.95 bits per heavy atom. The van der Waals surface area contributed by atoms with Gasteiger partial charge in [-0.25, -0.2) is 0 Å². The highest BCUT2D eigenvalue weighted by atomic mass is 16.5. The van der Waals surface area contributed by atoms with E-state index in [1.54, 1.807) is 0 Å². The molecule has 1 N–H and O–H groups in total. The second-order valence-electron chi connectivity index (χ2n) is 5.29. The summed E-state index contributed by atoms with van der Waals surface area (Å²) in [7, 11) is 0. The smallest absolute Gasteiger partial charge is 0.250 e. The summed E-state index contributed by atoms with van der Waals surface area (Å²) in [5, 5.41) is 3.09. The van der Waals surface area contributed by atoms with E-state index in [1.807, 2.05) is 31.2 Å². The first-order valence-corrected chi connectivity index (χ1v) is 6.92. The molecular weight excluding hydrogens is 254 g/mol. The fourth-order valence-corrected chi connectivity index (χ4v) is 2.58. The molecule has 0 aromatic heterocycles. The Kier molecular flexibility index (Phi) is 3.40. The molecule has 0 saturated carbocycles. The van der Waals surface area contributed by atoms with Gasteiger partial charge in [-0.3, -0.25) is 9.59 Å². The van der Waals surface area contributed by atoms with Crippen LogP contribution in [0.5, 0.6) is 0 Å². The lowest BCUT2D eigenvalue weighted by Crippen LogP contribution is -2.37. The maximum atomic E-state index is 11.8. The summed E-state index contributed by atoms with van der Waals surface area (Å²) in [6.45, 7) is 3.36. The predicted molar refractivity (Wildman–Crippen MR) is 79.0 cm³/mol. The average molecular weight is 271 g/mol. The van der Waals surface area contributed by atoms with Gasteiger partial charge in [0.2, 0.25) is 10.9 Å². The van der Waals surface area contributed by atoms with Crippen LogP contribution in [0.25, 0.3) is 11.1 Å². The van der Waals surface area contributed by atoms with Gasteiger partial charge in [0.25, 0.3) is 0 Å². The molecule has 2 aromatic rings. The molecule has 0 bridgehead atoms. The summed E-state index contributed by atoms with van der Waals surface area (Å²) >= 11 is 0. The molecule has 1 saturated heterocycles. The molecule has 0 radical (unpaired) electrons. The van der Waals surface area contributed by atoms with E-state index in [0.717, 1.165) is 30.6 Å². The quantitative estimate of drug-likeness (QED) is 0.862. The summed E-state index contributed by atoms with van der Waals surface area (Å²) in [6, 6.07) is 7.64. The van der Waals surface area contributed by atoms with Crippen LogP contribution in [0.2, 0.25) is 0 Å². The van der Waals surface area contributed by atoms with Crippen LogP contribution in [0.15, 0.2) is 33.9 Å². The fourth-order valence-electron chi connectivity index (χ4n) is 2.58. The minimum atomic E-state index is -0.418. The molecule has 0 amide bonds. The van der Waals surface area contributed by atoms with Gasteiger partial charge < -0.3 is 10.1 Å². The molecule has 1 heterocycles. The van der Waals surface area contributed by atoms with Crippen LogP contribution in [0.4, 0.5) is 5.69 Å². The Morgan fingerprint density at radius 1 is 1.20 bits per heavy atom. The zero-order valence-corrected chi connectivity index (χ0v) is 11.4. The third-order valence-electron chi connectivity index (χ3n) is 3.78. The van der Waals surface area contributed by atoms with Gasteiger partial charge >= 0.3 is 0 Å². The van der Waals surface area contributed by atoms with Gasteiger partial charge in [0.05, 0.1) is 17.4 Å². The third-order valence-corrected chi connectivity index (χ3v) is 3.78. The molecule has 4 heteroatoms. The summed E-state index contributed by atoms with van der Waals surface area (Å²) in [5.41, 5.74) is 2.06. The highest BCUT2D eigenvalue weighted by molar-refractivity contribution is 5.81. The van der Waals surface area contributed by atoms with Crippen LogP contribution in [-0.2, 0) is 4.74 Å². The lowest BCUT2D eigenvalue weighted by molar-refractivity contribution is 0.120. The number of hydrogen-bond acceptors (Lipinski definition) is 4. The number of aryl methyl sites for hydroxylation is 1. The molecule has 2 aromatic carbocycles. The molecule has 4 nitrogen and oxygen atoms in total. The van der Waals surface area contributed by atoms with Crippen molar-refractivity contribution in [1.82, 2.24) is 0 Å². The van der Waals surface area contributed by atoms with Crippen molar-refractivity contribution in [2.24, 2.45) is 0 Å². The number of benzene rings is 1.